The number of hydrogen-bond donors (Lipinski definition) is 1. The molecule has 1 aliphatic carbocycles. The molecule has 2 rings (SSSR count). The van der Waals surface area contributed by atoms with Gasteiger partial charge in [0.2, 0.25) is 0 Å². The molecule has 2 amide bonds. The van der Waals surface area contributed by atoms with Gasteiger partial charge in [-0.25, -0.2) is 4.79 Å². The summed E-state index contributed by atoms with van der Waals surface area (Å²) in [5.41, 5.74) is 3.47. The number of unbranched alkanes of at least 4 members (excludes halogenated alkanes) is 1. The minimum Gasteiger partial charge on any atom is -0.324 e. The van der Waals surface area contributed by atoms with E-state index in [1.807, 2.05) is 4.90 Å². The molecule has 1 aromatic rings. The number of carbonyl (C=O) groups is 1. The van der Waals surface area contributed by atoms with Crippen molar-refractivity contribution in [3.8, 4) is 0 Å². The Labute approximate surface area is 135 Å². The first kappa shape index (κ1) is 16.9. The fourth-order valence-electron chi connectivity index (χ4n) is 2.75. The Bertz CT molecular complexity index is 494. The molecule has 0 saturated heterocycles. The van der Waals surface area contributed by atoms with Crippen LogP contribution in [0.5, 0.6) is 0 Å². The lowest BCUT2D eigenvalue weighted by atomic mass is 10.0. The maximum Gasteiger partial charge on any atom is 0.321 e. The smallest absolute Gasteiger partial charge is 0.321 e. The maximum atomic E-state index is 12.5. The Morgan fingerprint density at radius 2 is 2.05 bits per heavy atom. The first-order chi connectivity index (χ1) is 10.6. The van der Waals surface area contributed by atoms with Crippen LogP contribution in [-0.4, -0.2) is 24.0 Å². The molecule has 1 N–H and O–H groups in total. The second kappa shape index (κ2) is 8.21. The molecule has 0 heterocycles. The highest BCUT2D eigenvalue weighted by Crippen LogP contribution is 2.30. The minimum absolute atomic E-state index is 0.0539. The lowest BCUT2D eigenvalue weighted by Crippen LogP contribution is -2.37. The number of nitrogens with one attached hydrogen (secondary N) is 1. The van der Waals surface area contributed by atoms with Gasteiger partial charge in [-0.05, 0) is 62.1 Å². The highest BCUT2D eigenvalue weighted by molar-refractivity contribution is 5.90. The van der Waals surface area contributed by atoms with Crippen LogP contribution in [0.2, 0.25) is 0 Å². The molecule has 1 aliphatic rings. The SMILES string of the molecule is CCCCc1ccc(NC(=O)N(CCC)CC2CC2)c(C)c1. The Hall–Kier alpha value is -1.51. The van der Waals surface area contributed by atoms with Crippen LogP contribution in [-0.2, 0) is 6.42 Å². The van der Waals surface area contributed by atoms with Crippen molar-refractivity contribution in [2.75, 3.05) is 18.4 Å². The second-order valence-corrected chi connectivity index (χ2v) is 6.57. The molecule has 122 valence electrons. The van der Waals surface area contributed by atoms with Gasteiger partial charge >= 0.3 is 6.03 Å². The van der Waals surface area contributed by atoms with Gasteiger partial charge in [0.15, 0.2) is 0 Å². The van der Waals surface area contributed by atoms with Crippen molar-refractivity contribution in [3.05, 3.63) is 29.3 Å². The number of benzene rings is 1. The van der Waals surface area contributed by atoms with Gasteiger partial charge in [-0.3, -0.25) is 0 Å². The zero-order valence-corrected chi connectivity index (χ0v) is 14.3. The number of aryl methyl sites for hydroxylation is 2. The van der Waals surface area contributed by atoms with Crippen LogP contribution in [0, 0.1) is 12.8 Å². The van der Waals surface area contributed by atoms with Gasteiger partial charge in [-0.1, -0.05) is 32.4 Å². The first-order valence-electron chi connectivity index (χ1n) is 8.79. The molecule has 0 atom stereocenters. The van der Waals surface area contributed by atoms with Gasteiger partial charge in [0.1, 0.15) is 0 Å². The van der Waals surface area contributed by atoms with Gasteiger partial charge < -0.3 is 10.2 Å². The van der Waals surface area contributed by atoms with Gasteiger partial charge in [0.25, 0.3) is 0 Å². The van der Waals surface area contributed by atoms with E-state index >= 15 is 0 Å². The molecule has 1 saturated carbocycles. The van der Waals surface area contributed by atoms with Crippen LogP contribution >= 0.6 is 0 Å². The number of carbonyl (C=O) groups excluding carboxylic acids is 1. The molecule has 0 spiro atoms. The maximum absolute atomic E-state index is 12.5. The molecule has 0 aromatic heterocycles. The highest BCUT2D eigenvalue weighted by atomic mass is 16.2. The standard InChI is InChI=1S/C19H30N2O/c1-4-6-7-16-10-11-18(15(3)13-16)20-19(22)21(12-5-2)14-17-8-9-17/h10-11,13,17H,4-9,12,14H2,1-3H3,(H,20,22). The third-order valence-corrected chi connectivity index (χ3v) is 4.31. The van der Waals surface area contributed by atoms with Crippen LogP contribution in [0.1, 0.15) is 57.1 Å². The van der Waals surface area contributed by atoms with Crippen LogP contribution in [0.15, 0.2) is 18.2 Å². The average molecular weight is 302 g/mol. The molecule has 1 fully saturated rings. The minimum atomic E-state index is 0.0539. The zero-order chi connectivity index (χ0) is 15.9. The van der Waals surface area contributed by atoms with Crippen molar-refractivity contribution in [1.82, 2.24) is 4.90 Å². The lowest BCUT2D eigenvalue weighted by molar-refractivity contribution is 0.209. The Morgan fingerprint density at radius 3 is 2.64 bits per heavy atom. The van der Waals surface area contributed by atoms with Crippen molar-refractivity contribution in [2.24, 2.45) is 5.92 Å². The predicted octanol–water partition coefficient (Wildman–Crippen LogP) is 4.99. The second-order valence-electron chi connectivity index (χ2n) is 6.57. The summed E-state index contributed by atoms with van der Waals surface area (Å²) >= 11 is 0. The number of nitrogens with zero attached hydrogens (tertiary/aromatic N) is 1. The highest BCUT2D eigenvalue weighted by Gasteiger charge is 2.26. The number of anilines is 1. The number of hydrogen-bond acceptors (Lipinski definition) is 1. The molecular formula is C19H30N2O. The molecule has 0 aliphatic heterocycles. The summed E-state index contributed by atoms with van der Waals surface area (Å²) in [7, 11) is 0. The van der Waals surface area contributed by atoms with E-state index in [9.17, 15) is 4.79 Å². The summed E-state index contributed by atoms with van der Waals surface area (Å²) in [5, 5.41) is 3.10. The van der Waals surface area contributed by atoms with Gasteiger partial charge in [0.05, 0.1) is 0 Å². The lowest BCUT2D eigenvalue weighted by Gasteiger charge is -2.23. The Morgan fingerprint density at radius 1 is 1.27 bits per heavy atom. The van der Waals surface area contributed by atoms with Crippen molar-refractivity contribution in [2.45, 2.75) is 59.3 Å². The number of urea groups is 1. The summed E-state index contributed by atoms with van der Waals surface area (Å²) in [4.78, 5) is 14.5. The molecule has 3 heteroatoms. The van der Waals surface area contributed by atoms with Crippen LogP contribution in [0.3, 0.4) is 0 Å². The summed E-state index contributed by atoms with van der Waals surface area (Å²) < 4.78 is 0. The topological polar surface area (TPSA) is 32.3 Å². The summed E-state index contributed by atoms with van der Waals surface area (Å²) in [5.74, 6) is 0.731. The quantitative estimate of drug-likeness (QED) is 0.720. The zero-order valence-electron chi connectivity index (χ0n) is 14.3. The largest absolute Gasteiger partial charge is 0.324 e. The molecule has 1 aromatic carbocycles. The van der Waals surface area contributed by atoms with Crippen LogP contribution in [0.25, 0.3) is 0 Å². The normalized spacial score (nSPS) is 14.0. The van der Waals surface area contributed by atoms with E-state index in [1.165, 1.54) is 31.2 Å². The average Bonchev–Trinajstić information content (AvgIpc) is 3.31. The first-order valence-corrected chi connectivity index (χ1v) is 8.79. The van der Waals surface area contributed by atoms with Crippen LogP contribution < -0.4 is 5.32 Å². The van der Waals surface area contributed by atoms with E-state index in [4.69, 9.17) is 0 Å². The van der Waals surface area contributed by atoms with E-state index in [0.717, 1.165) is 43.1 Å². The van der Waals surface area contributed by atoms with E-state index in [0.29, 0.717) is 0 Å². The van der Waals surface area contributed by atoms with Gasteiger partial charge in [0, 0.05) is 18.8 Å². The molecule has 0 bridgehead atoms. The molecular weight excluding hydrogens is 272 g/mol. The fourth-order valence-corrected chi connectivity index (χ4v) is 2.75. The van der Waals surface area contributed by atoms with Crippen molar-refractivity contribution >= 4 is 11.7 Å². The van der Waals surface area contributed by atoms with Gasteiger partial charge in [-0.2, -0.15) is 0 Å². The third kappa shape index (κ3) is 5.04. The summed E-state index contributed by atoms with van der Waals surface area (Å²) in [6.45, 7) is 8.17. The monoisotopic (exact) mass is 302 g/mol. The van der Waals surface area contributed by atoms with E-state index < -0.39 is 0 Å². The van der Waals surface area contributed by atoms with Crippen molar-refractivity contribution in [3.63, 3.8) is 0 Å². The Kier molecular flexibility index (Phi) is 6.29. The van der Waals surface area contributed by atoms with E-state index in [1.54, 1.807) is 0 Å². The summed E-state index contributed by atoms with van der Waals surface area (Å²) in [6, 6.07) is 6.46. The Balaban J connectivity index is 1.96. The molecule has 22 heavy (non-hydrogen) atoms. The summed E-state index contributed by atoms with van der Waals surface area (Å²) in [6.07, 6.45) is 7.11. The molecule has 0 radical (unpaired) electrons. The fraction of sp³-hybridized carbons (Fsp3) is 0.632. The van der Waals surface area contributed by atoms with Gasteiger partial charge in [-0.15, -0.1) is 0 Å². The molecule has 0 unspecified atom stereocenters. The number of amides is 2. The predicted molar refractivity (Wildman–Crippen MR) is 93.4 cm³/mol. The van der Waals surface area contributed by atoms with E-state index in [-0.39, 0.29) is 6.03 Å². The van der Waals surface area contributed by atoms with Crippen molar-refractivity contribution < 1.29 is 4.79 Å². The van der Waals surface area contributed by atoms with E-state index in [2.05, 4.69) is 44.3 Å². The van der Waals surface area contributed by atoms with Crippen LogP contribution in [0.4, 0.5) is 10.5 Å². The molecule has 3 nitrogen and oxygen atoms in total. The van der Waals surface area contributed by atoms with Crippen molar-refractivity contribution in [1.29, 1.82) is 0 Å². The number of rotatable bonds is 8. The third-order valence-electron chi connectivity index (χ3n) is 4.31.